The van der Waals surface area contributed by atoms with Crippen molar-refractivity contribution in [2.24, 2.45) is 0 Å². The first kappa shape index (κ1) is 12.4. The Balaban J connectivity index is 2.57. The third kappa shape index (κ3) is 2.30. The normalized spacial score (nSPS) is 17.0. The molecule has 0 fully saturated rings. The molecule has 0 bridgehead atoms. The summed E-state index contributed by atoms with van der Waals surface area (Å²) in [5, 5.41) is 0. The lowest BCUT2D eigenvalue weighted by Crippen LogP contribution is -2.41. The molecule has 4 nitrogen and oxygen atoms in total. The van der Waals surface area contributed by atoms with E-state index in [1.807, 2.05) is 22.6 Å². The van der Waals surface area contributed by atoms with E-state index in [1.165, 1.54) is 11.0 Å². The summed E-state index contributed by atoms with van der Waals surface area (Å²) >= 11 is 1.88. The molecule has 1 aliphatic rings. The van der Waals surface area contributed by atoms with Crippen molar-refractivity contribution in [3.63, 3.8) is 0 Å². The van der Waals surface area contributed by atoms with Crippen molar-refractivity contribution in [1.29, 1.82) is 0 Å². The highest BCUT2D eigenvalue weighted by molar-refractivity contribution is 14.1. The fourth-order valence-corrected chi connectivity index (χ4v) is 3.27. The lowest BCUT2D eigenvalue weighted by Gasteiger charge is -2.27. The zero-order valence-corrected chi connectivity index (χ0v) is 11.7. The zero-order valence-electron chi connectivity index (χ0n) is 8.68. The van der Waals surface area contributed by atoms with Gasteiger partial charge in [-0.3, -0.25) is 9.69 Å². The fraction of sp³-hybridized carbons (Fsp3) is 0.182. The van der Waals surface area contributed by atoms with Gasteiger partial charge in [-0.25, -0.2) is 8.42 Å². The fourth-order valence-electron chi connectivity index (χ4n) is 1.68. The van der Waals surface area contributed by atoms with E-state index < -0.39 is 21.5 Å². The Kier molecular flexibility index (Phi) is 3.40. The number of sulfone groups is 1. The summed E-state index contributed by atoms with van der Waals surface area (Å²) in [6, 6.07) is 6.49. The molecular formula is C11H8INO3S. The number of rotatable bonds is 1. The highest BCUT2D eigenvalue weighted by Gasteiger charge is 2.33. The molecule has 1 aromatic carbocycles. The van der Waals surface area contributed by atoms with Crippen LogP contribution in [0.2, 0.25) is 0 Å². The van der Waals surface area contributed by atoms with Crippen LogP contribution in [0.4, 0.5) is 5.69 Å². The maximum Gasteiger partial charge on any atom is 0.243 e. The molecule has 1 aromatic rings. The van der Waals surface area contributed by atoms with Crippen molar-refractivity contribution in [3.05, 3.63) is 24.3 Å². The predicted octanol–water partition coefficient (Wildman–Crippen LogP) is 1.20. The van der Waals surface area contributed by atoms with Crippen molar-refractivity contribution in [3.8, 4) is 9.85 Å². The number of amides is 1. The number of fused-ring (bicyclic) bond motifs is 1. The van der Waals surface area contributed by atoms with Gasteiger partial charge in [0.05, 0.1) is 17.1 Å². The summed E-state index contributed by atoms with van der Waals surface area (Å²) in [6.45, 7) is 0.217. The Morgan fingerprint density at radius 1 is 1.35 bits per heavy atom. The quantitative estimate of drug-likeness (QED) is 0.558. The van der Waals surface area contributed by atoms with Crippen LogP contribution >= 0.6 is 22.6 Å². The van der Waals surface area contributed by atoms with Crippen LogP contribution in [0, 0.1) is 9.85 Å². The van der Waals surface area contributed by atoms with E-state index in [0.717, 1.165) is 0 Å². The van der Waals surface area contributed by atoms with E-state index in [1.54, 1.807) is 18.2 Å². The van der Waals surface area contributed by atoms with Crippen LogP contribution in [0.15, 0.2) is 29.2 Å². The molecule has 0 spiro atoms. The minimum absolute atomic E-state index is 0.204. The van der Waals surface area contributed by atoms with Crippen molar-refractivity contribution in [2.45, 2.75) is 4.90 Å². The SMILES string of the molecule is O=C1CS(=O)(=O)c2ccccc2N1CC#CI. The van der Waals surface area contributed by atoms with Gasteiger partial charge < -0.3 is 0 Å². The third-order valence-corrected chi connectivity index (χ3v) is 4.43. The molecule has 0 atom stereocenters. The second-order valence-corrected chi connectivity index (χ2v) is 5.98. The van der Waals surface area contributed by atoms with Gasteiger partial charge in [-0.2, -0.15) is 0 Å². The van der Waals surface area contributed by atoms with E-state index in [0.29, 0.717) is 5.69 Å². The monoisotopic (exact) mass is 361 g/mol. The molecule has 0 N–H and O–H groups in total. The topological polar surface area (TPSA) is 54.5 Å². The Labute approximate surface area is 113 Å². The summed E-state index contributed by atoms with van der Waals surface area (Å²) < 4.78 is 26.3. The number of halogens is 1. The van der Waals surface area contributed by atoms with Crippen LogP contribution in [0.25, 0.3) is 0 Å². The maximum atomic E-state index is 11.8. The zero-order chi connectivity index (χ0) is 12.5. The molecule has 0 aliphatic carbocycles. The maximum absolute atomic E-state index is 11.8. The van der Waals surface area contributed by atoms with Crippen LogP contribution < -0.4 is 4.90 Å². The van der Waals surface area contributed by atoms with Crippen LogP contribution in [-0.2, 0) is 14.6 Å². The molecule has 17 heavy (non-hydrogen) atoms. The number of hydrogen-bond acceptors (Lipinski definition) is 3. The molecule has 0 saturated heterocycles. The molecule has 1 amide bonds. The first-order valence-corrected chi connectivity index (χ1v) is 7.50. The molecular weight excluding hydrogens is 353 g/mol. The Bertz CT molecular complexity index is 628. The molecule has 6 heteroatoms. The molecule has 0 aromatic heterocycles. The predicted molar refractivity (Wildman–Crippen MR) is 72.6 cm³/mol. The van der Waals surface area contributed by atoms with Crippen molar-refractivity contribution in [1.82, 2.24) is 0 Å². The van der Waals surface area contributed by atoms with Gasteiger partial charge in [-0.15, -0.1) is 0 Å². The summed E-state index contributed by atoms with van der Waals surface area (Å²) in [7, 11) is -3.49. The van der Waals surface area contributed by atoms with E-state index in [2.05, 4.69) is 9.85 Å². The number of anilines is 1. The number of carbonyl (C=O) groups is 1. The second-order valence-electron chi connectivity index (χ2n) is 3.48. The van der Waals surface area contributed by atoms with Crippen molar-refractivity contribution >= 4 is 44.0 Å². The average Bonchev–Trinajstić information content (AvgIpc) is 2.28. The van der Waals surface area contributed by atoms with Crippen LogP contribution in [0.3, 0.4) is 0 Å². The van der Waals surface area contributed by atoms with Gasteiger partial charge in [-0.1, -0.05) is 18.1 Å². The number of para-hydroxylation sites is 1. The van der Waals surface area contributed by atoms with Crippen molar-refractivity contribution in [2.75, 3.05) is 17.2 Å². The van der Waals surface area contributed by atoms with Crippen LogP contribution in [-0.4, -0.2) is 26.6 Å². The minimum Gasteiger partial charge on any atom is -0.299 e. The van der Waals surface area contributed by atoms with Gasteiger partial charge >= 0.3 is 0 Å². The van der Waals surface area contributed by atoms with Gasteiger partial charge in [0.2, 0.25) is 5.91 Å². The van der Waals surface area contributed by atoms with Crippen LogP contribution in [0.5, 0.6) is 0 Å². The summed E-state index contributed by atoms with van der Waals surface area (Å²) in [5.41, 5.74) is 0.419. The van der Waals surface area contributed by atoms with Crippen LogP contribution in [0.1, 0.15) is 0 Å². The standard InChI is InChI=1S/C11H8INO3S/c12-6-3-7-13-9-4-1-2-5-10(9)17(15,16)8-11(13)14/h1-2,4-5H,7-8H2. The molecule has 0 unspecified atom stereocenters. The second kappa shape index (κ2) is 4.66. The van der Waals surface area contributed by atoms with E-state index in [-0.39, 0.29) is 11.4 Å². The number of nitrogens with zero attached hydrogens (tertiary/aromatic N) is 1. The lowest BCUT2D eigenvalue weighted by atomic mass is 10.2. The number of carbonyl (C=O) groups excluding carboxylic acids is 1. The number of hydrogen-bond donors (Lipinski definition) is 0. The molecule has 2 rings (SSSR count). The molecule has 88 valence electrons. The Hall–Kier alpha value is -1.07. The van der Waals surface area contributed by atoms with Crippen molar-refractivity contribution < 1.29 is 13.2 Å². The summed E-state index contributed by atoms with van der Waals surface area (Å²) in [6.07, 6.45) is 0. The summed E-state index contributed by atoms with van der Waals surface area (Å²) in [5.74, 6) is 1.86. The van der Waals surface area contributed by atoms with E-state index in [4.69, 9.17) is 0 Å². The first-order valence-electron chi connectivity index (χ1n) is 4.77. The Morgan fingerprint density at radius 3 is 2.76 bits per heavy atom. The van der Waals surface area contributed by atoms with Gasteiger partial charge in [0.15, 0.2) is 9.84 Å². The number of benzene rings is 1. The molecule has 0 saturated carbocycles. The minimum atomic E-state index is -3.49. The van der Waals surface area contributed by atoms with Gasteiger partial charge in [-0.05, 0) is 16.1 Å². The average molecular weight is 361 g/mol. The molecule has 1 heterocycles. The van der Waals surface area contributed by atoms with Gasteiger partial charge in [0, 0.05) is 22.6 Å². The molecule has 0 radical (unpaired) electrons. The Morgan fingerprint density at radius 2 is 2.06 bits per heavy atom. The highest BCUT2D eigenvalue weighted by Crippen LogP contribution is 2.30. The summed E-state index contributed by atoms with van der Waals surface area (Å²) in [4.78, 5) is 13.4. The van der Waals surface area contributed by atoms with E-state index in [9.17, 15) is 13.2 Å². The highest BCUT2D eigenvalue weighted by atomic mass is 127. The van der Waals surface area contributed by atoms with Gasteiger partial charge in [0.1, 0.15) is 5.75 Å². The van der Waals surface area contributed by atoms with Gasteiger partial charge in [0.25, 0.3) is 0 Å². The lowest BCUT2D eigenvalue weighted by molar-refractivity contribution is -0.116. The largest absolute Gasteiger partial charge is 0.299 e. The smallest absolute Gasteiger partial charge is 0.243 e. The molecule has 1 aliphatic heterocycles. The van der Waals surface area contributed by atoms with E-state index >= 15 is 0 Å². The first-order chi connectivity index (χ1) is 8.06. The third-order valence-electron chi connectivity index (χ3n) is 2.41.